The molecule has 0 saturated carbocycles. The summed E-state index contributed by atoms with van der Waals surface area (Å²) in [7, 11) is 1.63. The van der Waals surface area contributed by atoms with Gasteiger partial charge in [-0.05, 0) is 42.7 Å². The van der Waals surface area contributed by atoms with Crippen molar-refractivity contribution in [2.45, 2.75) is 38.9 Å². The maximum Gasteiger partial charge on any atom is 0.303 e. The highest BCUT2D eigenvalue weighted by molar-refractivity contribution is 6.06. The molecule has 1 aliphatic carbocycles. The predicted molar refractivity (Wildman–Crippen MR) is 101 cm³/mol. The van der Waals surface area contributed by atoms with Crippen LogP contribution in [-0.2, 0) is 19.1 Å². The van der Waals surface area contributed by atoms with Crippen molar-refractivity contribution in [2.75, 3.05) is 7.11 Å². The van der Waals surface area contributed by atoms with E-state index in [1.807, 2.05) is 32.0 Å². The van der Waals surface area contributed by atoms with E-state index in [9.17, 15) is 9.59 Å². The van der Waals surface area contributed by atoms with Gasteiger partial charge in [-0.1, -0.05) is 19.1 Å². The molecule has 3 rings (SSSR count). The number of hydrogen-bond donors (Lipinski definition) is 0. The number of ketones is 1. The van der Waals surface area contributed by atoms with Crippen LogP contribution in [0.1, 0.15) is 37.5 Å². The number of fused-ring (bicyclic) bond motifs is 1. The fourth-order valence-electron chi connectivity index (χ4n) is 3.83. The van der Waals surface area contributed by atoms with E-state index in [4.69, 9.17) is 14.2 Å². The highest BCUT2D eigenvalue weighted by Gasteiger charge is 2.56. The first-order valence-corrected chi connectivity index (χ1v) is 8.92. The highest BCUT2D eigenvalue weighted by atomic mass is 16.6. The Kier molecular flexibility index (Phi) is 4.96. The van der Waals surface area contributed by atoms with Gasteiger partial charge in [-0.2, -0.15) is 0 Å². The third-order valence-corrected chi connectivity index (χ3v) is 5.16. The Morgan fingerprint density at radius 3 is 2.74 bits per heavy atom. The van der Waals surface area contributed by atoms with Crippen molar-refractivity contribution in [2.24, 2.45) is 5.92 Å². The highest BCUT2D eigenvalue weighted by Crippen LogP contribution is 2.52. The fourth-order valence-corrected chi connectivity index (χ4v) is 3.83. The second-order valence-electron chi connectivity index (χ2n) is 6.98. The van der Waals surface area contributed by atoms with Crippen molar-refractivity contribution in [1.29, 1.82) is 0 Å². The summed E-state index contributed by atoms with van der Waals surface area (Å²) in [6.07, 6.45) is 4.88. The van der Waals surface area contributed by atoms with E-state index in [0.29, 0.717) is 17.8 Å². The van der Waals surface area contributed by atoms with Crippen LogP contribution in [0, 0.1) is 12.8 Å². The first-order valence-electron chi connectivity index (χ1n) is 8.92. The largest absolute Gasteiger partial charge is 0.496 e. The number of allylic oxidation sites excluding steroid dienone is 3. The van der Waals surface area contributed by atoms with Crippen LogP contribution in [0.2, 0.25) is 0 Å². The Hall–Kier alpha value is -2.82. The molecule has 0 N–H and O–H groups in total. The topological polar surface area (TPSA) is 61.8 Å². The monoisotopic (exact) mass is 368 g/mol. The molecule has 0 bridgehead atoms. The summed E-state index contributed by atoms with van der Waals surface area (Å²) in [5, 5.41) is 0. The number of carbonyl (C=O) groups is 2. The summed E-state index contributed by atoms with van der Waals surface area (Å²) in [4.78, 5) is 24.3. The lowest BCUT2D eigenvalue weighted by atomic mass is 9.78. The fraction of sp³-hybridized carbons (Fsp3) is 0.364. The van der Waals surface area contributed by atoms with Crippen molar-refractivity contribution in [3.05, 3.63) is 65.5 Å². The second kappa shape index (κ2) is 7.06. The van der Waals surface area contributed by atoms with E-state index in [1.165, 1.54) is 13.0 Å². The molecule has 1 saturated heterocycles. The Labute approximate surface area is 159 Å². The molecule has 3 atom stereocenters. The van der Waals surface area contributed by atoms with Crippen molar-refractivity contribution in [1.82, 2.24) is 0 Å². The number of methoxy groups -OCH3 is 1. The van der Waals surface area contributed by atoms with Gasteiger partial charge < -0.3 is 14.2 Å². The predicted octanol–water partition coefficient (Wildman–Crippen LogP) is 3.98. The Bertz CT molecular complexity index is 863. The van der Waals surface area contributed by atoms with Gasteiger partial charge in [0.1, 0.15) is 17.6 Å². The van der Waals surface area contributed by atoms with Crippen LogP contribution in [0.4, 0.5) is 0 Å². The van der Waals surface area contributed by atoms with Crippen LogP contribution in [-0.4, -0.2) is 24.5 Å². The van der Waals surface area contributed by atoms with Crippen molar-refractivity contribution in [3.8, 4) is 5.75 Å². The number of aryl methyl sites for hydroxylation is 1. The van der Waals surface area contributed by atoms with E-state index in [-0.39, 0.29) is 17.8 Å². The van der Waals surface area contributed by atoms with Crippen molar-refractivity contribution in [3.63, 3.8) is 0 Å². The number of rotatable bonds is 5. The standard InChI is InChI=1S/C22H24O5/c1-6-7-17-12-22(27-15(4)23)14(3)21(26-20(22)11-18(17)24)16-8-9-19(25-5)13(2)10-16/h6,8-12,14,21H,1,7H2,2-5H3/t14?,21-,22?/m0/s1. The quantitative estimate of drug-likeness (QED) is 0.581. The molecule has 1 fully saturated rings. The minimum atomic E-state index is -1.09. The smallest absolute Gasteiger partial charge is 0.303 e. The molecule has 1 heterocycles. The molecule has 5 nitrogen and oxygen atoms in total. The molecule has 2 unspecified atom stereocenters. The molecule has 1 aromatic carbocycles. The van der Waals surface area contributed by atoms with Gasteiger partial charge in [0, 0.05) is 24.5 Å². The average Bonchev–Trinajstić information content (AvgIpc) is 2.87. The SMILES string of the molecule is C=CCC1=CC2(OC(C)=O)C(=CC1=O)O[C@H](c1ccc(OC)c(C)c1)C2C. The molecule has 2 aliphatic rings. The summed E-state index contributed by atoms with van der Waals surface area (Å²) in [6, 6.07) is 5.82. The zero-order valence-corrected chi connectivity index (χ0v) is 16.1. The zero-order valence-electron chi connectivity index (χ0n) is 16.1. The van der Waals surface area contributed by atoms with Crippen LogP contribution < -0.4 is 4.74 Å². The van der Waals surface area contributed by atoms with Crippen LogP contribution in [0.3, 0.4) is 0 Å². The molecular weight excluding hydrogens is 344 g/mol. The maximum atomic E-state index is 12.4. The Balaban J connectivity index is 2.07. The molecule has 142 valence electrons. The summed E-state index contributed by atoms with van der Waals surface area (Å²) >= 11 is 0. The number of hydrogen-bond acceptors (Lipinski definition) is 5. The Morgan fingerprint density at radius 1 is 1.41 bits per heavy atom. The molecule has 0 radical (unpaired) electrons. The molecule has 5 heteroatoms. The summed E-state index contributed by atoms with van der Waals surface area (Å²) in [5.41, 5.74) is 1.39. The molecule has 1 aromatic rings. The summed E-state index contributed by atoms with van der Waals surface area (Å²) < 4.78 is 17.2. The zero-order chi connectivity index (χ0) is 19.8. The van der Waals surface area contributed by atoms with Gasteiger partial charge in [0.2, 0.25) is 0 Å². The maximum absolute atomic E-state index is 12.4. The third-order valence-electron chi connectivity index (χ3n) is 5.16. The molecule has 1 aliphatic heterocycles. The summed E-state index contributed by atoms with van der Waals surface area (Å²) in [5.74, 6) is 0.381. The van der Waals surface area contributed by atoms with Gasteiger partial charge in [0.25, 0.3) is 0 Å². The summed E-state index contributed by atoms with van der Waals surface area (Å²) in [6.45, 7) is 8.99. The first kappa shape index (κ1) is 19.0. The first-order chi connectivity index (χ1) is 12.8. The van der Waals surface area contributed by atoms with E-state index in [2.05, 4.69) is 6.58 Å². The van der Waals surface area contributed by atoms with Crippen LogP contribution in [0.15, 0.2) is 54.3 Å². The Morgan fingerprint density at radius 2 is 2.15 bits per heavy atom. The van der Waals surface area contributed by atoms with Gasteiger partial charge in [-0.3, -0.25) is 9.59 Å². The van der Waals surface area contributed by atoms with E-state index < -0.39 is 11.6 Å². The number of ether oxygens (including phenoxy) is 3. The van der Waals surface area contributed by atoms with Crippen LogP contribution in [0.25, 0.3) is 0 Å². The minimum absolute atomic E-state index is 0.147. The normalized spacial score (nSPS) is 26.4. The number of benzene rings is 1. The molecule has 0 amide bonds. The lowest BCUT2D eigenvalue weighted by Gasteiger charge is -2.32. The minimum Gasteiger partial charge on any atom is -0.496 e. The number of esters is 1. The second-order valence-corrected chi connectivity index (χ2v) is 6.98. The molecular formula is C22H24O5. The van der Waals surface area contributed by atoms with Gasteiger partial charge in [0.05, 0.1) is 7.11 Å². The van der Waals surface area contributed by atoms with E-state index in [0.717, 1.165) is 16.9 Å². The average molecular weight is 368 g/mol. The number of carbonyl (C=O) groups excluding carboxylic acids is 2. The third kappa shape index (κ3) is 3.18. The van der Waals surface area contributed by atoms with E-state index in [1.54, 1.807) is 19.3 Å². The van der Waals surface area contributed by atoms with Gasteiger partial charge >= 0.3 is 5.97 Å². The van der Waals surface area contributed by atoms with Gasteiger partial charge in [-0.15, -0.1) is 6.58 Å². The van der Waals surface area contributed by atoms with Gasteiger partial charge in [0.15, 0.2) is 11.4 Å². The van der Waals surface area contributed by atoms with E-state index >= 15 is 0 Å². The lowest BCUT2D eigenvalue weighted by Crippen LogP contribution is -2.40. The lowest BCUT2D eigenvalue weighted by molar-refractivity contribution is -0.152. The van der Waals surface area contributed by atoms with Crippen LogP contribution in [0.5, 0.6) is 5.75 Å². The van der Waals surface area contributed by atoms with Crippen LogP contribution >= 0.6 is 0 Å². The molecule has 27 heavy (non-hydrogen) atoms. The van der Waals surface area contributed by atoms with Crippen molar-refractivity contribution < 1.29 is 23.8 Å². The molecule has 0 spiro atoms. The molecule has 0 aromatic heterocycles. The van der Waals surface area contributed by atoms with Gasteiger partial charge in [-0.25, -0.2) is 0 Å². The van der Waals surface area contributed by atoms with Crippen molar-refractivity contribution >= 4 is 11.8 Å².